The fraction of sp³-hybridized carbons (Fsp3) is 0.714. The first kappa shape index (κ1) is 12.1. The molecular formula is C14H22OS. The summed E-state index contributed by atoms with van der Waals surface area (Å²) in [6, 6.07) is 4.30. The zero-order valence-electron chi connectivity index (χ0n) is 10.5. The van der Waals surface area contributed by atoms with Gasteiger partial charge in [0.05, 0.1) is 6.10 Å². The van der Waals surface area contributed by atoms with Crippen molar-refractivity contribution in [3.05, 3.63) is 21.9 Å². The van der Waals surface area contributed by atoms with E-state index in [2.05, 4.69) is 32.9 Å². The molecule has 0 aromatic carbocycles. The molecule has 1 saturated carbocycles. The van der Waals surface area contributed by atoms with E-state index in [0.717, 1.165) is 4.88 Å². The van der Waals surface area contributed by atoms with Crippen molar-refractivity contribution in [2.75, 3.05) is 0 Å². The summed E-state index contributed by atoms with van der Waals surface area (Å²) >= 11 is 1.78. The molecule has 1 N–H and O–H groups in total. The lowest BCUT2D eigenvalue weighted by molar-refractivity contribution is 0.115. The molecule has 0 amide bonds. The molecule has 2 rings (SSSR count). The molecule has 1 nitrogen and oxygen atoms in total. The van der Waals surface area contributed by atoms with Gasteiger partial charge >= 0.3 is 0 Å². The van der Waals surface area contributed by atoms with Gasteiger partial charge in [0.15, 0.2) is 0 Å². The van der Waals surface area contributed by atoms with Crippen LogP contribution in [0.2, 0.25) is 0 Å². The minimum absolute atomic E-state index is 0.207. The molecule has 1 heterocycles. The van der Waals surface area contributed by atoms with Crippen LogP contribution in [0.15, 0.2) is 12.1 Å². The average molecular weight is 238 g/mol. The summed E-state index contributed by atoms with van der Waals surface area (Å²) in [5.41, 5.74) is 0.207. The Morgan fingerprint density at radius 3 is 2.38 bits per heavy atom. The van der Waals surface area contributed by atoms with E-state index in [0.29, 0.717) is 5.92 Å². The maximum Gasteiger partial charge on any atom is 0.0910 e. The Kier molecular flexibility index (Phi) is 3.41. The van der Waals surface area contributed by atoms with Gasteiger partial charge in [-0.3, -0.25) is 0 Å². The second-order valence-electron chi connectivity index (χ2n) is 5.94. The lowest BCUT2D eigenvalue weighted by Crippen LogP contribution is -2.08. The molecule has 1 aromatic rings. The van der Waals surface area contributed by atoms with Crippen LogP contribution in [0.4, 0.5) is 0 Å². The Bertz CT molecular complexity index is 342. The van der Waals surface area contributed by atoms with Gasteiger partial charge in [0.25, 0.3) is 0 Å². The predicted octanol–water partition coefficient (Wildman–Crippen LogP) is 4.27. The Labute approximate surface area is 103 Å². The molecule has 2 heteroatoms. The maximum atomic E-state index is 10.3. The van der Waals surface area contributed by atoms with Crippen molar-refractivity contribution in [1.29, 1.82) is 0 Å². The molecule has 1 unspecified atom stereocenters. The molecule has 1 aromatic heterocycles. The Morgan fingerprint density at radius 1 is 1.25 bits per heavy atom. The van der Waals surface area contributed by atoms with Crippen LogP contribution in [0.5, 0.6) is 0 Å². The van der Waals surface area contributed by atoms with E-state index in [9.17, 15) is 5.11 Å². The monoisotopic (exact) mass is 238 g/mol. The topological polar surface area (TPSA) is 20.2 Å². The lowest BCUT2D eigenvalue weighted by Gasteiger charge is -2.17. The molecule has 90 valence electrons. The first-order valence-electron chi connectivity index (χ1n) is 6.27. The molecule has 0 saturated heterocycles. The minimum atomic E-state index is -0.219. The van der Waals surface area contributed by atoms with Gasteiger partial charge < -0.3 is 5.11 Å². The summed E-state index contributed by atoms with van der Waals surface area (Å²) in [4.78, 5) is 2.54. The van der Waals surface area contributed by atoms with Crippen LogP contribution in [-0.2, 0) is 5.41 Å². The van der Waals surface area contributed by atoms with E-state index in [1.807, 2.05) is 0 Å². The van der Waals surface area contributed by atoms with E-state index in [4.69, 9.17) is 0 Å². The van der Waals surface area contributed by atoms with Crippen LogP contribution < -0.4 is 0 Å². The number of aliphatic hydroxyl groups is 1. The second-order valence-corrected chi connectivity index (χ2v) is 7.06. The normalized spacial score (nSPS) is 20.2. The Morgan fingerprint density at radius 2 is 1.88 bits per heavy atom. The minimum Gasteiger partial charge on any atom is -0.387 e. The highest BCUT2D eigenvalue weighted by Crippen LogP contribution is 2.40. The molecule has 0 bridgehead atoms. The summed E-state index contributed by atoms with van der Waals surface area (Å²) in [5, 5.41) is 10.3. The smallest absolute Gasteiger partial charge is 0.0910 e. The van der Waals surface area contributed by atoms with Crippen molar-refractivity contribution >= 4 is 11.3 Å². The summed E-state index contributed by atoms with van der Waals surface area (Å²) in [7, 11) is 0. The highest BCUT2D eigenvalue weighted by Gasteiger charge is 2.26. The molecule has 1 aliphatic rings. The number of rotatable bonds is 2. The first-order valence-corrected chi connectivity index (χ1v) is 7.08. The molecule has 0 radical (unpaired) electrons. The van der Waals surface area contributed by atoms with Gasteiger partial charge in [0, 0.05) is 9.75 Å². The van der Waals surface area contributed by atoms with Gasteiger partial charge in [-0.1, -0.05) is 33.6 Å². The van der Waals surface area contributed by atoms with Crippen LogP contribution in [0.25, 0.3) is 0 Å². The summed E-state index contributed by atoms with van der Waals surface area (Å²) in [6.45, 7) is 6.68. The molecular weight excluding hydrogens is 216 g/mol. The predicted molar refractivity (Wildman–Crippen MR) is 69.9 cm³/mol. The maximum absolute atomic E-state index is 10.3. The standard InChI is InChI=1S/C14H22OS/c1-14(2,3)12-9-8-11(16-12)13(15)10-6-4-5-7-10/h8-10,13,15H,4-7H2,1-3H3. The third-order valence-corrected chi connectivity index (χ3v) is 5.09. The van der Waals surface area contributed by atoms with Crippen molar-refractivity contribution in [2.45, 2.75) is 58.0 Å². The fourth-order valence-electron chi connectivity index (χ4n) is 2.42. The number of hydrogen-bond donors (Lipinski definition) is 1. The van der Waals surface area contributed by atoms with Crippen LogP contribution in [0.1, 0.15) is 62.3 Å². The molecule has 1 atom stereocenters. The lowest BCUT2D eigenvalue weighted by atomic mass is 9.94. The van der Waals surface area contributed by atoms with Crippen LogP contribution in [-0.4, -0.2) is 5.11 Å². The molecule has 16 heavy (non-hydrogen) atoms. The van der Waals surface area contributed by atoms with Crippen LogP contribution in [0.3, 0.4) is 0 Å². The quantitative estimate of drug-likeness (QED) is 0.816. The SMILES string of the molecule is CC(C)(C)c1ccc(C(O)C2CCCC2)s1. The van der Waals surface area contributed by atoms with Crippen molar-refractivity contribution < 1.29 is 5.11 Å². The van der Waals surface area contributed by atoms with Gasteiger partial charge in [0.2, 0.25) is 0 Å². The molecule has 0 spiro atoms. The van der Waals surface area contributed by atoms with Crippen molar-refractivity contribution in [1.82, 2.24) is 0 Å². The molecule has 1 aliphatic carbocycles. The Hall–Kier alpha value is -0.340. The zero-order chi connectivity index (χ0) is 11.8. The second kappa shape index (κ2) is 4.50. The zero-order valence-corrected chi connectivity index (χ0v) is 11.3. The van der Waals surface area contributed by atoms with Gasteiger partial charge in [-0.05, 0) is 36.3 Å². The van der Waals surface area contributed by atoms with E-state index in [1.54, 1.807) is 11.3 Å². The van der Waals surface area contributed by atoms with Crippen molar-refractivity contribution in [2.24, 2.45) is 5.92 Å². The van der Waals surface area contributed by atoms with Gasteiger partial charge in [-0.25, -0.2) is 0 Å². The van der Waals surface area contributed by atoms with E-state index >= 15 is 0 Å². The van der Waals surface area contributed by atoms with E-state index < -0.39 is 0 Å². The van der Waals surface area contributed by atoms with E-state index in [-0.39, 0.29) is 11.5 Å². The Balaban J connectivity index is 2.12. The third kappa shape index (κ3) is 2.49. The first-order chi connectivity index (χ1) is 7.48. The van der Waals surface area contributed by atoms with Crippen LogP contribution >= 0.6 is 11.3 Å². The van der Waals surface area contributed by atoms with E-state index in [1.165, 1.54) is 30.6 Å². The summed E-state index contributed by atoms with van der Waals surface area (Å²) < 4.78 is 0. The van der Waals surface area contributed by atoms with Gasteiger partial charge in [0.1, 0.15) is 0 Å². The fourth-order valence-corrected chi connectivity index (χ4v) is 3.57. The number of aliphatic hydroxyl groups excluding tert-OH is 1. The molecule has 0 aliphatic heterocycles. The largest absolute Gasteiger partial charge is 0.387 e. The third-order valence-electron chi connectivity index (χ3n) is 3.50. The summed E-state index contributed by atoms with van der Waals surface area (Å²) in [5.74, 6) is 0.506. The number of hydrogen-bond acceptors (Lipinski definition) is 2. The highest BCUT2D eigenvalue weighted by atomic mass is 32.1. The van der Waals surface area contributed by atoms with Crippen molar-refractivity contribution in [3.8, 4) is 0 Å². The van der Waals surface area contributed by atoms with Crippen molar-refractivity contribution in [3.63, 3.8) is 0 Å². The number of thiophene rings is 1. The summed E-state index contributed by atoms with van der Waals surface area (Å²) in [6.07, 6.45) is 4.76. The average Bonchev–Trinajstić information content (AvgIpc) is 2.87. The molecule has 1 fully saturated rings. The van der Waals surface area contributed by atoms with Gasteiger partial charge in [-0.15, -0.1) is 11.3 Å². The van der Waals surface area contributed by atoms with Gasteiger partial charge in [-0.2, -0.15) is 0 Å². The highest BCUT2D eigenvalue weighted by molar-refractivity contribution is 7.12. The van der Waals surface area contributed by atoms with Crippen LogP contribution in [0, 0.1) is 5.92 Å².